The zero-order valence-electron chi connectivity index (χ0n) is 26.5. The molecule has 3 aromatic carbocycles. The molecule has 1 unspecified atom stereocenters. The molecule has 1 amide bonds. The number of aryl methyl sites for hydroxylation is 2. The van der Waals surface area contributed by atoms with Gasteiger partial charge in [-0.1, -0.05) is 60.6 Å². The topological polar surface area (TPSA) is 115 Å². The molecule has 0 saturated carbocycles. The highest BCUT2D eigenvalue weighted by atomic mass is 32.1. The highest BCUT2D eigenvalue weighted by Crippen LogP contribution is 2.45. The smallest absolute Gasteiger partial charge is 0.301 e. The molecule has 0 aliphatic carbocycles. The minimum absolute atomic E-state index is 0.114. The normalized spacial score (nSPS) is 15.7. The highest BCUT2D eigenvalue weighted by Gasteiger charge is 2.48. The van der Waals surface area contributed by atoms with E-state index < -0.39 is 17.7 Å². The Morgan fingerprint density at radius 3 is 2.41 bits per heavy atom. The zero-order chi connectivity index (χ0) is 33.0. The molecule has 10 heteroatoms. The molecule has 1 aliphatic rings. The van der Waals surface area contributed by atoms with Gasteiger partial charge in [-0.2, -0.15) is 0 Å². The number of hydrogen-bond acceptors (Lipinski definition) is 9. The number of carbonyl (C=O) groups is 3. The average molecular weight is 641 g/mol. The van der Waals surface area contributed by atoms with Gasteiger partial charge >= 0.3 is 5.91 Å². The number of unbranched alkanes of at least 4 members (excludes halogenated alkanes) is 1. The molecule has 46 heavy (non-hydrogen) atoms. The van der Waals surface area contributed by atoms with Crippen LogP contribution >= 0.6 is 11.3 Å². The van der Waals surface area contributed by atoms with Gasteiger partial charge in [0.25, 0.3) is 5.78 Å². The van der Waals surface area contributed by atoms with E-state index >= 15 is 0 Å². The summed E-state index contributed by atoms with van der Waals surface area (Å²) in [5, 5.41) is 11.8. The van der Waals surface area contributed by atoms with E-state index in [2.05, 4.69) is 11.9 Å². The van der Waals surface area contributed by atoms with Crippen molar-refractivity contribution in [2.45, 2.75) is 53.2 Å². The molecular formula is C36H36N2O7S. The molecule has 9 nitrogen and oxygen atoms in total. The third-order valence-electron chi connectivity index (χ3n) is 7.63. The van der Waals surface area contributed by atoms with Gasteiger partial charge in [-0.15, -0.1) is 0 Å². The number of amides is 1. The summed E-state index contributed by atoms with van der Waals surface area (Å²) in [6.07, 6.45) is 1.83. The standard InChI is InChI=1S/C36H36N2O7S/c1-6-7-17-44-28-16-13-26(19-29(28)43-5)31-30(33(41)35(42)38(31)36-37-22(3)34(46-36)23(4)39)32(40)25-11-14-27(15-12-25)45-20-24-10-8-9-21(2)18-24/h8-16,18-19,31,40H,6-7,17,20H2,1-5H3/b32-30+. The number of benzene rings is 3. The van der Waals surface area contributed by atoms with Crippen LogP contribution in [-0.4, -0.2) is 41.3 Å². The summed E-state index contributed by atoms with van der Waals surface area (Å²) in [7, 11) is 1.51. The third kappa shape index (κ3) is 6.67. The Kier molecular flexibility index (Phi) is 9.87. The molecule has 1 aliphatic heterocycles. The molecule has 1 atom stereocenters. The molecule has 1 fully saturated rings. The van der Waals surface area contributed by atoms with Gasteiger partial charge in [0, 0.05) is 12.5 Å². The Morgan fingerprint density at radius 1 is 1.00 bits per heavy atom. The number of methoxy groups -OCH3 is 1. The number of thiazole rings is 1. The van der Waals surface area contributed by atoms with Crippen molar-refractivity contribution in [2.75, 3.05) is 18.6 Å². The van der Waals surface area contributed by atoms with Crippen molar-refractivity contribution in [2.24, 2.45) is 0 Å². The first-order chi connectivity index (χ1) is 22.1. The molecule has 0 bridgehead atoms. The number of aromatic nitrogens is 1. The fourth-order valence-corrected chi connectivity index (χ4v) is 6.28. The number of ketones is 2. The number of rotatable bonds is 12. The van der Waals surface area contributed by atoms with Crippen LogP contribution in [-0.2, 0) is 16.2 Å². The van der Waals surface area contributed by atoms with Crippen LogP contribution in [0.4, 0.5) is 5.13 Å². The number of ether oxygens (including phenoxy) is 3. The third-order valence-corrected chi connectivity index (χ3v) is 8.89. The Balaban J connectivity index is 1.55. The first-order valence-corrected chi connectivity index (χ1v) is 15.8. The maximum Gasteiger partial charge on any atom is 0.301 e. The summed E-state index contributed by atoms with van der Waals surface area (Å²) >= 11 is 1.03. The highest BCUT2D eigenvalue weighted by molar-refractivity contribution is 7.18. The summed E-state index contributed by atoms with van der Waals surface area (Å²) in [4.78, 5) is 45.7. The lowest BCUT2D eigenvalue weighted by atomic mass is 9.95. The molecule has 238 valence electrons. The van der Waals surface area contributed by atoms with Crippen LogP contribution in [0.15, 0.2) is 72.3 Å². The minimum atomic E-state index is -1.05. The fraction of sp³-hybridized carbons (Fsp3) is 0.278. The number of carbonyl (C=O) groups excluding carboxylic acids is 3. The van der Waals surface area contributed by atoms with E-state index in [4.69, 9.17) is 14.2 Å². The largest absolute Gasteiger partial charge is 0.507 e. The van der Waals surface area contributed by atoms with Crippen LogP contribution in [0.1, 0.15) is 70.4 Å². The molecular weight excluding hydrogens is 604 g/mol. The molecule has 1 saturated heterocycles. The zero-order valence-corrected chi connectivity index (χ0v) is 27.3. The van der Waals surface area contributed by atoms with Crippen molar-refractivity contribution >= 4 is 39.7 Å². The van der Waals surface area contributed by atoms with Gasteiger partial charge in [-0.25, -0.2) is 4.98 Å². The van der Waals surface area contributed by atoms with Crippen molar-refractivity contribution in [3.05, 3.63) is 105 Å². The lowest BCUT2D eigenvalue weighted by Crippen LogP contribution is -2.29. The van der Waals surface area contributed by atoms with E-state index in [1.165, 1.54) is 18.9 Å². The average Bonchev–Trinajstić information content (AvgIpc) is 3.56. The molecule has 0 radical (unpaired) electrons. The van der Waals surface area contributed by atoms with Crippen molar-refractivity contribution in [1.29, 1.82) is 0 Å². The van der Waals surface area contributed by atoms with Gasteiger partial charge in [-0.3, -0.25) is 19.3 Å². The van der Waals surface area contributed by atoms with Gasteiger partial charge in [0.05, 0.1) is 35.9 Å². The van der Waals surface area contributed by atoms with Crippen LogP contribution in [0.5, 0.6) is 17.2 Å². The Bertz CT molecular complexity index is 1810. The van der Waals surface area contributed by atoms with Crippen LogP contribution < -0.4 is 19.1 Å². The van der Waals surface area contributed by atoms with E-state index in [9.17, 15) is 19.5 Å². The van der Waals surface area contributed by atoms with Gasteiger partial charge < -0.3 is 19.3 Å². The number of nitrogens with zero attached hydrogens (tertiary/aromatic N) is 2. The van der Waals surface area contributed by atoms with E-state index in [-0.39, 0.29) is 22.2 Å². The Morgan fingerprint density at radius 2 is 1.76 bits per heavy atom. The molecule has 1 aromatic heterocycles. The minimum Gasteiger partial charge on any atom is -0.507 e. The SMILES string of the molecule is CCCCOc1ccc(C2/C(=C(\O)c3ccc(OCc4cccc(C)c4)cc3)C(=O)C(=O)N2c2nc(C)c(C(C)=O)s2)cc1OC. The van der Waals surface area contributed by atoms with E-state index in [0.717, 1.165) is 35.3 Å². The molecule has 4 aromatic rings. The number of aliphatic hydroxyl groups excluding tert-OH is 1. The van der Waals surface area contributed by atoms with E-state index in [1.54, 1.807) is 49.4 Å². The Hall–Kier alpha value is -4.96. The summed E-state index contributed by atoms with van der Waals surface area (Å²) in [6, 6.07) is 18.8. The lowest BCUT2D eigenvalue weighted by molar-refractivity contribution is -0.132. The van der Waals surface area contributed by atoms with Crippen LogP contribution in [0, 0.1) is 13.8 Å². The van der Waals surface area contributed by atoms with Crippen molar-refractivity contribution in [3.8, 4) is 17.2 Å². The van der Waals surface area contributed by atoms with Crippen LogP contribution in [0.3, 0.4) is 0 Å². The van der Waals surface area contributed by atoms with Gasteiger partial charge in [0.2, 0.25) is 0 Å². The lowest BCUT2D eigenvalue weighted by Gasteiger charge is -2.24. The van der Waals surface area contributed by atoms with Gasteiger partial charge in [0.15, 0.2) is 22.4 Å². The van der Waals surface area contributed by atoms with E-state index in [1.807, 2.05) is 31.2 Å². The predicted molar refractivity (Wildman–Crippen MR) is 177 cm³/mol. The maximum absolute atomic E-state index is 13.7. The summed E-state index contributed by atoms with van der Waals surface area (Å²) in [6.45, 7) is 8.05. The van der Waals surface area contributed by atoms with Crippen molar-refractivity contribution in [3.63, 3.8) is 0 Å². The molecule has 1 N–H and O–H groups in total. The van der Waals surface area contributed by atoms with Gasteiger partial charge in [0.1, 0.15) is 18.1 Å². The second kappa shape index (κ2) is 14.0. The van der Waals surface area contributed by atoms with Crippen LogP contribution in [0.25, 0.3) is 5.76 Å². The summed E-state index contributed by atoms with van der Waals surface area (Å²) < 4.78 is 17.4. The van der Waals surface area contributed by atoms with E-state index in [0.29, 0.717) is 52.2 Å². The van der Waals surface area contributed by atoms with Crippen LogP contribution in [0.2, 0.25) is 0 Å². The summed E-state index contributed by atoms with van der Waals surface area (Å²) in [5.74, 6) is -0.783. The molecule has 0 spiro atoms. The number of hydrogen-bond donors (Lipinski definition) is 1. The number of Topliss-reactive ketones (excluding diaryl/α,β-unsaturated/α-hetero) is 2. The second-order valence-corrected chi connectivity index (χ2v) is 12.0. The van der Waals surface area contributed by atoms with Crippen molar-refractivity contribution < 1.29 is 33.7 Å². The number of anilines is 1. The predicted octanol–water partition coefficient (Wildman–Crippen LogP) is 7.36. The monoisotopic (exact) mass is 640 g/mol. The van der Waals surface area contributed by atoms with Gasteiger partial charge in [-0.05, 0) is 67.8 Å². The first kappa shape index (κ1) is 32.4. The first-order valence-electron chi connectivity index (χ1n) is 15.0. The summed E-state index contributed by atoms with van der Waals surface area (Å²) in [5.41, 5.74) is 3.32. The second-order valence-electron chi connectivity index (χ2n) is 11.1. The molecule has 2 heterocycles. The molecule has 5 rings (SSSR count). The fourth-order valence-electron chi connectivity index (χ4n) is 5.29. The number of aliphatic hydroxyl groups is 1. The quantitative estimate of drug-likeness (QED) is 0.0562. The maximum atomic E-state index is 13.7. The van der Waals surface area contributed by atoms with Crippen molar-refractivity contribution in [1.82, 2.24) is 4.98 Å². The Labute approximate surface area is 272 Å².